The molecule has 0 aliphatic heterocycles. The molecule has 2 heteroatoms. The van der Waals surface area contributed by atoms with Gasteiger partial charge in [-0.25, -0.2) is 0 Å². The molecule has 0 aliphatic carbocycles. The fourth-order valence-corrected chi connectivity index (χ4v) is 0.889. The van der Waals surface area contributed by atoms with Crippen molar-refractivity contribution < 1.29 is 4.79 Å². The maximum atomic E-state index is 10.8. The molecule has 0 aromatic rings. The Kier molecular flexibility index (Phi) is 7.47. The Hall–Kier alpha value is -0.370. The third-order valence-corrected chi connectivity index (χ3v) is 1.63. The van der Waals surface area contributed by atoms with Gasteiger partial charge in [0.15, 0.2) is 0 Å². The van der Waals surface area contributed by atoms with E-state index in [0.29, 0.717) is 12.2 Å². The minimum Gasteiger partial charge on any atom is -0.317 e. The summed E-state index contributed by atoms with van der Waals surface area (Å²) in [6.07, 6.45) is 3.59. The summed E-state index contributed by atoms with van der Waals surface area (Å²) in [5.74, 6) is 0.378. The number of Topliss-reactive ketones (excluding diaryl/α,β-unsaturated/α-hetero) is 1. The normalized spacial score (nSPS) is 10.0. The molecule has 0 amide bonds. The van der Waals surface area contributed by atoms with Crippen molar-refractivity contribution in [2.45, 2.75) is 39.5 Å². The number of nitrogens with one attached hydrogen (secondary N) is 1. The molecule has 0 unspecified atom stereocenters. The predicted molar refractivity (Wildman–Crippen MR) is 47.7 cm³/mol. The van der Waals surface area contributed by atoms with Crippen molar-refractivity contribution in [2.75, 3.05) is 13.1 Å². The lowest BCUT2D eigenvalue weighted by Crippen LogP contribution is -2.16. The monoisotopic (exact) mass is 157 g/mol. The summed E-state index contributed by atoms with van der Waals surface area (Å²) in [5, 5.41) is 3.26. The SMILES string of the molecule is CCCNCCCC(=O)CC. The quantitative estimate of drug-likeness (QED) is 0.570. The van der Waals surface area contributed by atoms with E-state index >= 15 is 0 Å². The largest absolute Gasteiger partial charge is 0.317 e. The summed E-state index contributed by atoms with van der Waals surface area (Å²) in [7, 11) is 0. The fraction of sp³-hybridized carbons (Fsp3) is 0.889. The van der Waals surface area contributed by atoms with Crippen LogP contribution in [0.1, 0.15) is 39.5 Å². The van der Waals surface area contributed by atoms with Gasteiger partial charge >= 0.3 is 0 Å². The van der Waals surface area contributed by atoms with Crippen LogP contribution in [0.5, 0.6) is 0 Å². The molecule has 0 rings (SSSR count). The first-order chi connectivity index (χ1) is 5.31. The average Bonchev–Trinajstić information content (AvgIpc) is 2.04. The van der Waals surface area contributed by atoms with E-state index in [0.717, 1.165) is 25.9 Å². The summed E-state index contributed by atoms with van der Waals surface area (Å²) in [6, 6.07) is 0. The lowest BCUT2D eigenvalue weighted by Gasteiger charge is -2.00. The first-order valence-electron chi connectivity index (χ1n) is 4.53. The topological polar surface area (TPSA) is 29.1 Å². The van der Waals surface area contributed by atoms with E-state index in [1.54, 1.807) is 0 Å². The number of rotatable bonds is 7. The molecule has 0 saturated heterocycles. The summed E-state index contributed by atoms with van der Waals surface area (Å²) in [4.78, 5) is 10.8. The highest BCUT2D eigenvalue weighted by molar-refractivity contribution is 5.77. The van der Waals surface area contributed by atoms with Gasteiger partial charge in [0.2, 0.25) is 0 Å². The molecule has 0 bridgehead atoms. The predicted octanol–water partition coefficient (Wildman–Crippen LogP) is 1.75. The molecule has 0 atom stereocenters. The molecule has 0 aliphatic rings. The highest BCUT2D eigenvalue weighted by atomic mass is 16.1. The lowest BCUT2D eigenvalue weighted by atomic mass is 10.2. The van der Waals surface area contributed by atoms with Crippen LogP contribution >= 0.6 is 0 Å². The number of hydrogen-bond donors (Lipinski definition) is 1. The standard InChI is InChI=1S/C9H19NO/c1-3-7-10-8-5-6-9(11)4-2/h10H,3-8H2,1-2H3. The Labute approximate surface area is 69.4 Å². The zero-order valence-electron chi connectivity index (χ0n) is 7.65. The van der Waals surface area contributed by atoms with E-state index in [1.807, 2.05) is 6.92 Å². The van der Waals surface area contributed by atoms with Crippen molar-refractivity contribution >= 4 is 5.78 Å². The van der Waals surface area contributed by atoms with Gasteiger partial charge in [0.05, 0.1) is 0 Å². The second kappa shape index (κ2) is 7.73. The van der Waals surface area contributed by atoms with Crippen molar-refractivity contribution in [1.29, 1.82) is 0 Å². The zero-order valence-corrected chi connectivity index (χ0v) is 7.65. The molecule has 0 saturated carbocycles. The van der Waals surface area contributed by atoms with E-state index < -0.39 is 0 Å². The first kappa shape index (κ1) is 10.6. The second-order valence-electron chi connectivity index (χ2n) is 2.75. The van der Waals surface area contributed by atoms with Gasteiger partial charge in [0.1, 0.15) is 5.78 Å². The van der Waals surface area contributed by atoms with E-state index in [9.17, 15) is 4.79 Å². The Morgan fingerprint density at radius 3 is 2.55 bits per heavy atom. The maximum absolute atomic E-state index is 10.8. The lowest BCUT2D eigenvalue weighted by molar-refractivity contribution is -0.118. The smallest absolute Gasteiger partial charge is 0.132 e. The van der Waals surface area contributed by atoms with Crippen LogP contribution in [0.2, 0.25) is 0 Å². The minimum absolute atomic E-state index is 0.378. The van der Waals surface area contributed by atoms with Crippen molar-refractivity contribution in [1.82, 2.24) is 5.32 Å². The third-order valence-electron chi connectivity index (χ3n) is 1.63. The van der Waals surface area contributed by atoms with E-state index in [-0.39, 0.29) is 0 Å². The van der Waals surface area contributed by atoms with E-state index in [2.05, 4.69) is 12.2 Å². The first-order valence-corrected chi connectivity index (χ1v) is 4.53. The molecule has 0 spiro atoms. The van der Waals surface area contributed by atoms with Crippen LogP contribution in [0.4, 0.5) is 0 Å². The molecule has 0 aromatic carbocycles. The van der Waals surface area contributed by atoms with Crippen LogP contribution in [0.3, 0.4) is 0 Å². The zero-order chi connectivity index (χ0) is 8.53. The molecule has 0 aromatic heterocycles. The highest BCUT2D eigenvalue weighted by Crippen LogP contribution is 1.92. The summed E-state index contributed by atoms with van der Waals surface area (Å²) >= 11 is 0. The van der Waals surface area contributed by atoms with Crippen LogP contribution < -0.4 is 5.32 Å². The Morgan fingerprint density at radius 1 is 1.27 bits per heavy atom. The minimum atomic E-state index is 0.378. The molecule has 2 nitrogen and oxygen atoms in total. The number of hydrogen-bond acceptors (Lipinski definition) is 2. The van der Waals surface area contributed by atoms with Crippen LogP contribution in [0.25, 0.3) is 0 Å². The molecule has 0 radical (unpaired) electrons. The molecule has 66 valence electrons. The Morgan fingerprint density at radius 2 is 2.00 bits per heavy atom. The summed E-state index contributed by atoms with van der Waals surface area (Å²) < 4.78 is 0. The van der Waals surface area contributed by atoms with Crippen molar-refractivity contribution in [3.05, 3.63) is 0 Å². The van der Waals surface area contributed by atoms with Crippen LogP contribution in [0.15, 0.2) is 0 Å². The number of ketones is 1. The van der Waals surface area contributed by atoms with Gasteiger partial charge in [-0.05, 0) is 25.9 Å². The Balaban J connectivity index is 2.95. The second-order valence-corrected chi connectivity index (χ2v) is 2.75. The number of carbonyl (C=O) groups is 1. The average molecular weight is 157 g/mol. The number of carbonyl (C=O) groups excluding carboxylic acids is 1. The molecule has 0 heterocycles. The molecule has 1 N–H and O–H groups in total. The molecular weight excluding hydrogens is 138 g/mol. The molecular formula is C9H19NO. The van der Waals surface area contributed by atoms with E-state index in [1.165, 1.54) is 6.42 Å². The molecule has 11 heavy (non-hydrogen) atoms. The van der Waals surface area contributed by atoms with Gasteiger partial charge in [-0.1, -0.05) is 13.8 Å². The fourth-order valence-electron chi connectivity index (χ4n) is 0.889. The van der Waals surface area contributed by atoms with Crippen molar-refractivity contribution in [3.63, 3.8) is 0 Å². The van der Waals surface area contributed by atoms with Gasteiger partial charge in [-0.2, -0.15) is 0 Å². The summed E-state index contributed by atoms with van der Waals surface area (Å²) in [6.45, 7) is 6.12. The van der Waals surface area contributed by atoms with Gasteiger partial charge in [0, 0.05) is 12.8 Å². The maximum Gasteiger partial charge on any atom is 0.132 e. The van der Waals surface area contributed by atoms with Crippen molar-refractivity contribution in [3.8, 4) is 0 Å². The summed E-state index contributed by atoms with van der Waals surface area (Å²) in [5.41, 5.74) is 0. The van der Waals surface area contributed by atoms with Gasteiger partial charge in [0.25, 0.3) is 0 Å². The van der Waals surface area contributed by atoms with Crippen LogP contribution in [0, 0.1) is 0 Å². The third kappa shape index (κ3) is 7.53. The van der Waals surface area contributed by atoms with E-state index in [4.69, 9.17) is 0 Å². The van der Waals surface area contributed by atoms with Crippen molar-refractivity contribution in [2.24, 2.45) is 0 Å². The van der Waals surface area contributed by atoms with Gasteiger partial charge < -0.3 is 5.32 Å². The van der Waals surface area contributed by atoms with Crippen LogP contribution in [-0.2, 0) is 4.79 Å². The van der Waals surface area contributed by atoms with Crippen LogP contribution in [-0.4, -0.2) is 18.9 Å². The highest BCUT2D eigenvalue weighted by Gasteiger charge is 1.95. The Bertz CT molecular complexity index is 102. The molecule has 0 fully saturated rings. The van der Waals surface area contributed by atoms with Gasteiger partial charge in [-0.3, -0.25) is 4.79 Å². The van der Waals surface area contributed by atoms with Gasteiger partial charge in [-0.15, -0.1) is 0 Å².